The summed E-state index contributed by atoms with van der Waals surface area (Å²) < 4.78 is 12.3. The molecular weight excluding hydrogens is 494 g/mol. The van der Waals surface area contributed by atoms with Crippen LogP contribution in [-0.2, 0) is 11.2 Å². The van der Waals surface area contributed by atoms with Gasteiger partial charge >= 0.3 is 12.0 Å². The molecule has 1 atom stereocenters. The lowest BCUT2D eigenvalue weighted by molar-refractivity contribution is -0.143. The topological polar surface area (TPSA) is 101 Å². The molecule has 2 N–H and O–H groups in total. The Balaban J connectivity index is 1.30. The summed E-state index contributed by atoms with van der Waals surface area (Å²) in [5.41, 5.74) is 4.50. The fourth-order valence-electron chi connectivity index (χ4n) is 5.29. The van der Waals surface area contributed by atoms with Crippen molar-refractivity contribution in [3.63, 3.8) is 0 Å². The van der Waals surface area contributed by atoms with Gasteiger partial charge in [-0.3, -0.25) is 9.69 Å². The number of aromatic nitrogens is 1. The molecule has 8 heteroatoms. The summed E-state index contributed by atoms with van der Waals surface area (Å²) in [5, 5.41) is 12.3. The fourth-order valence-corrected chi connectivity index (χ4v) is 5.29. The first kappa shape index (κ1) is 26.5. The van der Waals surface area contributed by atoms with Crippen molar-refractivity contribution in [3.8, 4) is 22.8 Å². The molecule has 0 spiro atoms. The lowest BCUT2D eigenvalue weighted by Crippen LogP contribution is -2.45. The maximum atomic E-state index is 13.4. The molecule has 2 heterocycles. The molecule has 1 aromatic heterocycles. The van der Waals surface area contributed by atoms with Crippen LogP contribution in [0.5, 0.6) is 11.6 Å². The average molecular weight is 530 g/mol. The summed E-state index contributed by atoms with van der Waals surface area (Å²) >= 11 is 0. The molecule has 39 heavy (non-hydrogen) atoms. The lowest BCUT2D eigenvalue weighted by Gasteiger charge is -2.35. The standard InChI is InChI=1S/C31H35N3O5/c1-3-20-7-5-6-8-26(20)33-31(37)34-19-24(4-2)38-28-17-22(11-15-27(28)34)23-12-16-29(32-18-23)39-25-13-9-21(10-14-25)30(35)36/h5-8,11-12,15-18,21,24-25H,3-4,9-10,13-14,19H2,1-2H3,(H,33,37)(H,35,36). The highest BCUT2D eigenvalue weighted by atomic mass is 16.5. The molecule has 1 fully saturated rings. The third-order valence-corrected chi connectivity index (χ3v) is 7.65. The van der Waals surface area contributed by atoms with Crippen molar-refractivity contribution in [2.45, 2.75) is 64.6 Å². The van der Waals surface area contributed by atoms with Gasteiger partial charge in [-0.25, -0.2) is 9.78 Å². The molecule has 8 nitrogen and oxygen atoms in total. The van der Waals surface area contributed by atoms with Gasteiger partial charge in [-0.1, -0.05) is 38.1 Å². The van der Waals surface area contributed by atoms with E-state index < -0.39 is 5.97 Å². The zero-order valence-electron chi connectivity index (χ0n) is 22.4. The van der Waals surface area contributed by atoms with Crippen molar-refractivity contribution < 1.29 is 24.2 Å². The van der Waals surface area contributed by atoms with Gasteiger partial charge in [0.1, 0.15) is 18.0 Å². The molecule has 0 radical (unpaired) electrons. The smallest absolute Gasteiger partial charge is 0.326 e. The van der Waals surface area contributed by atoms with E-state index >= 15 is 0 Å². The zero-order valence-corrected chi connectivity index (χ0v) is 22.4. The molecular formula is C31H35N3O5. The number of carbonyl (C=O) groups is 2. The first-order chi connectivity index (χ1) is 18.9. The number of hydrogen-bond acceptors (Lipinski definition) is 5. The summed E-state index contributed by atoms with van der Waals surface area (Å²) in [5.74, 6) is 0.210. The van der Waals surface area contributed by atoms with Gasteiger partial charge in [-0.15, -0.1) is 0 Å². The van der Waals surface area contributed by atoms with Crippen molar-refractivity contribution >= 4 is 23.4 Å². The summed E-state index contributed by atoms with van der Waals surface area (Å²) in [6.07, 6.45) is 5.96. The number of nitrogens with zero attached hydrogens (tertiary/aromatic N) is 2. The van der Waals surface area contributed by atoms with Gasteiger partial charge in [0.15, 0.2) is 0 Å². The quantitative estimate of drug-likeness (QED) is 0.360. The van der Waals surface area contributed by atoms with E-state index in [4.69, 9.17) is 9.47 Å². The predicted molar refractivity (Wildman–Crippen MR) is 151 cm³/mol. The highest BCUT2D eigenvalue weighted by Gasteiger charge is 2.30. The van der Waals surface area contributed by atoms with Crippen LogP contribution in [0.15, 0.2) is 60.8 Å². The Morgan fingerprint density at radius 3 is 2.51 bits per heavy atom. The van der Waals surface area contributed by atoms with Gasteiger partial charge in [0.2, 0.25) is 5.88 Å². The molecule has 3 aromatic rings. The molecule has 5 rings (SSSR count). The maximum Gasteiger partial charge on any atom is 0.326 e. The van der Waals surface area contributed by atoms with Crippen molar-refractivity contribution in [2.24, 2.45) is 5.92 Å². The van der Waals surface area contributed by atoms with E-state index in [1.807, 2.05) is 54.6 Å². The summed E-state index contributed by atoms with van der Waals surface area (Å²) in [6.45, 7) is 4.60. The molecule has 1 unspecified atom stereocenters. The van der Waals surface area contributed by atoms with Crippen LogP contribution in [0.25, 0.3) is 11.1 Å². The fraction of sp³-hybridized carbons (Fsp3) is 0.387. The Labute approximate surface area is 229 Å². The third-order valence-electron chi connectivity index (χ3n) is 7.65. The molecule has 204 valence electrons. The van der Waals surface area contributed by atoms with E-state index in [9.17, 15) is 14.7 Å². The second-order valence-corrected chi connectivity index (χ2v) is 10.2. The van der Waals surface area contributed by atoms with E-state index in [-0.39, 0.29) is 24.2 Å². The highest BCUT2D eigenvalue weighted by Crippen LogP contribution is 2.38. The molecule has 1 aliphatic carbocycles. The van der Waals surface area contributed by atoms with Gasteiger partial charge < -0.3 is 19.9 Å². The Bertz CT molecular complexity index is 1320. The Morgan fingerprint density at radius 2 is 1.82 bits per heavy atom. The lowest BCUT2D eigenvalue weighted by atomic mass is 9.87. The number of ether oxygens (including phenoxy) is 2. The molecule has 2 amide bonds. The van der Waals surface area contributed by atoms with Crippen LogP contribution in [0.4, 0.5) is 16.2 Å². The number of carboxylic acids is 1. The van der Waals surface area contributed by atoms with E-state index in [1.54, 1.807) is 11.1 Å². The number of hydrogen-bond donors (Lipinski definition) is 2. The summed E-state index contributed by atoms with van der Waals surface area (Å²) in [4.78, 5) is 30.8. The number of anilines is 2. The minimum Gasteiger partial charge on any atom is -0.486 e. The minimum atomic E-state index is -0.721. The second-order valence-electron chi connectivity index (χ2n) is 10.2. The van der Waals surface area contributed by atoms with Gasteiger partial charge in [-0.05, 0) is 73.9 Å². The van der Waals surface area contributed by atoms with E-state index in [1.165, 1.54) is 0 Å². The van der Waals surface area contributed by atoms with Crippen LogP contribution in [0.3, 0.4) is 0 Å². The Morgan fingerprint density at radius 1 is 1.05 bits per heavy atom. The van der Waals surface area contributed by atoms with Gasteiger partial charge in [0.25, 0.3) is 0 Å². The number of benzene rings is 2. The molecule has 2 aromatic carbocycles. The number of aliphatic carboxylic acids is 1. The van der Waals surface area contributed by atoms with Crippen molar-refractivity contribution in [1.29, 1.82) is 0 Å². The largest absolute Gasteiger partial charge is 0.486 e. The van der Waals surface area contributed by atoms with E-state index in [0.29, 0.717) is 31.0 Å². The molecule has 0 saturated heterocycles. The predicted octanol–water partition coefficient (Wildman–Crippen LogP) is 6.54. The number of carboxylic acid groups (broad SMARTS) is 1. The SMILES string of the molecule is CCc1ccccc1NC(=O)N1CC(CC)Oc2cc(-c3ccc(OC4CCC(C(=O)O)CC4)nc3)ccc21. The first-order valence-electron chi connectivity index (χ1n) is 13.8. The Kier molecular flexibility index (Phi) is 8.00. The zero-order chi connectivity index (χ0) is 27.4. The number of pyridine rings is 1. The number of fused-ring (bicyclic) bond motifs is 1. The average Bonchev–Trinajstić information content (AvgIpc) is 2.97. The molecule has 2 aliphatic rings. The summed E-state index contributed by atoms with van der Waals surface area (Å²) in [7, 11) is 0. The van der Waals surface area contributed by atoms with Gasteiger partial charge in [-0.2, -0.15) is 0 Å². The van der Waals surface area contributed by atoms with E-state index in [2.05, 4.69) is 24.1 Å². The number of nitrogens with one attached hydrogen (secondary N) is 1. The van der Waals surface area contributed by atoms with Crippen LogP contribution >= 0.6 is 0 Å². The number of rotatable bonds is 7. The molecule has 1 aliphatic heterocycles. The van der Waals surface area contributed by atoms with Gasteiger partial charge in [0, 0.05) is 23.5 Å². The Hall–Kier alpha value is -4.07. The number of carbonyl (C=O) groups excluding carboxylic acids is 1. The van der Waals surface area contributed by atoms with Crippen LogP contribution in [0, 0.1) is 5.92 Å². The van der Waals surface area contributed by atoms with Crippen LogP contribution < -0.4 is 19.7 Å². The van der Waals surface area contributed by atoms with Crippen molar-refractivity contribution in [1.82, 2.24) is 4.98 Å². The van der Waals surface area contributed by atoms with E-state index in [0.717, 1.165) is 53.7 Å². The van der Waals surface area contributed by atoms with Crippen LogP contribution in [0.1, 0.15) is 51.5 Å². The van der Waals surface area contributed by atoms with Crippen LogP contribution in [-0.4, -0.2) is 40.8 Å². The number of aryl methyl sites for hydroxylation is 1. The second kappa shape index (κ2) is 11.8. The molecule has 1 saturated carbocycles. The number of amides is 2. The summed E-state index contributed by atoms with van der Waals surface area (Å²) in [6, 6.07) is 17.3. The third kappa shape index (κ3) is 6.00. The number of urea groups is 1. The monoisotopic (exact) mass is 529 g/mol. The van der Waals surface area contributed by atoms with Crippen molar-refractivity contribution in [2.75, 3.05) is 16.8 Å². The maximum absolute atomic E-state index is 13.4. The van der Waals surface area contributed by atoms with Gasteiger partial charge in [0.05, 0.1) is 18.2 Å². The van der Waals surface area contributed by atoms with Crippen LogP contribution in [0.2, 0.25) is 0 Å². The minimum absolute atomic E-state index is 0.0107. The highest BCUT2D eigenvalue weighted by molar-refractivity contribution is 6.03. The van der Waals surface area contributed by atoms with Crippen molar-refractivity contribution in [3.05, 3.63) is 66.4 Å². The number of para-hydroxylation sites is 1. The first-order valence-corrected chi connectivity index (χ1v) is 13.8. The normalized spacial score (nSPS) is 20.5. The molecule has 0 bridgehead atoms.